The number of halogens is 4. The molecule has 0 amide bonds. The molecule has 1 aromatic carbocycles. The molecular formula is C12H12ClF3N2. The molecule has 0 saturated carbocycles. The van der Waals surface area contributed by atoms with Crippen molar-refractivity contribution < 1.29 is 13.2 Å². The van der Waals surface area contributed by atoms with Crippen LogP contribution in [0.15, 0.2) is 41.1 Å². The lowest BCUT2D eigenvalue weighted by molar-refractivity contribution is -0.137. The van der Waals surface area contributed by atoms with E-state index in [0.29, 0.717) is 16.8 Å². The van der Waals surface area contributed by atoms with Crippen molar-refractivity contribution in [1.29, 1.82) is 0 Å². The summed E-state index contributed by atoms with van der Waals surface area (Å²) in [4.78, 5) is 0. The van der Waals surface area contributed by atoms with Crippen molar-refractivity contribution in [2.24, 2.45) is 11.5 Å². The number of hydrogen-bond acceptors (Lipinski definition) is 2. The monoisotopic (exact) mass is 276 g/mol. The van der Waals surface area contributed by atoms with E-state index in [0.717, 1.165) is 12.1 Å². The van der Waals surface area contributed by atoms with Crippen LogP contribution in [0, 0.1) is 0 Å². The second-order valence-corrected chi connectivity index (χ2v) is 4.14. The lowest BCUT2D eigenvalue weighted by atomic mass is 10.1. The Morgan fingerprint density at radius 1 is 1.17 bits per heavy atom. The zero-order valence-electron chi connectivity index (χ0n) is 9.55. The van der Waals surface area contributed by atoms with Gasteiger partial charge in [0.05, 0.1) is 10.7 Å². The van der Waals surface area contributed by atoms with E-state index in [1.807, 2.05) is 0 Å². The van der Waals surface area contributed by atoms with Crippen molar-refractivity contribution in [2.75, 3.05) is 0 Å². The van der Waals surface area contributed by atoms with E-state index in [9.17, 15) is 13.2 Å². The first-order valence-electron chi connectivity index (χ1n) is 4.98. The summed E-state index contributed by atoms with van der Waals surface area (Å²) in [5, 5.41) is 0.0577. The predicted octanol–water partition coefficient (Wildman–Crippen LogP) is 3.43. The van der Waals surface area contributed by atoms with E-state index in [4.69, 9.17) is 23.1 Å². The molecule has 0 radical (unpaired) electrons. The van der Waals surface area contributed by atoms with E-state index in [1.165, 1.54) is 18.2 Å². The SMILES string of the molecule is CC(/C=C(\N)Cl)=C(/N)c1ccc(C(F)(F)F)cc1. The van der Waals surface area contributed by atoms with Crippen molar-refractivity contribution in [3.63, 3.8) is 0 Å². The standard InChI is InChI=1S/C12H12ClF3N2/c1-7(6-10(13)17)11(18)8-2-4-9(5-3-8)12(14,15)16/h2-6H,17-18H2,1H3/b10-6-,11-7-. The molecule has 0 aliphatic carbocycles. The molecule has 0 unspecified atom stereocenters. The van der Waals surface area contributed by atoms with E-state index in [1.54, 1.807) is 6.92 Å². The van der Waals surface area contributed by atoms with E-state index >= 15 is 0 Å². The average Bonchev–Trinajstić information content (AvgIpc) is 2.26. The smallest absolute Gasteiger partial charge is 0.398 e. The number of allylic oxidation sites excluding steroid dienone is 2. The molecule has 18 heavy (non-hydrogen) atoms. The van der Waals surface area contributed by atoms with Crippen LogP contribution in [0.4, 0.5) is 13.2 Å². The molecule has 0 saturated heterocycles. The zero-order chi connectivity index (χ0) is 13.9. The zero-order valence-corrected chi connectivity index (χ0v) is 10.3. The molecule has 1 rings (SSSR count). The number of benzene rings is 1. The van der Waals surface area contributed by atoms with Crippen molar-refractivity contribution in [3.05, 3.63) is 52.2 Å². The number of alkyl halides is 3. The first kappa shape index (κ1) is 14.4. The number of hydrogen-bond donors (Lipinski definition) is 2. The summed E-state index contributed by atoms with van der Waals surface area (Å²) < 4.78 is 37.1. The van der Waals surface area contributed by atoms with Crippen LogP contribution in [0.25, 0.3) is 5.70 Å². The van der Waals surface area contributed by atoms with Gasteiger partial charge in [-0.3, -0.25) is 0 Å². The molecule has 4 N–H and O–H groups in total. The third-order valence-electron chi connectivity index (χ3n) is 2.30. The van der Waals surface area contributed by atoms with Crippen LogP contribution in [0.5, 0.6) is 0 Å². The minimum Gasteiger partial charge on any atom is -0.398 e. The van der Waals surface area contributed by atoms with Gasteiger partial charge in [0.15, 0.2) is 0 Å². The Kier molecular flexibility index (Phi) is 4.29. The normalized spacial score (nSPS) is 14.4. The summed E-state index contributed by atoms with van der Waals surface area (Å²) in [5.74, 6) is 0. The molecule has 0 fully saturated rings. The maximum Gasteiger partial charge on any atom is 0.416 e. The van der Waals surface area contributed by atoms with E-state index in [-0.39, 0.29) is 5.16 Å². The molecule has 0 aliphatic heterocycles. The summed E-state index contributed by atoms with van der Waals surface area (Å²) in [6.45, 7) is 1.67. The molecule has 0 spiro atoms. The van der Waals surface area contributed by atoms with Gasteiger partial charge in [0, 0.05) is 5.70 Å². The highest BCUT2D eigenvalue weighted by atomic mass is 35.5. The Hall–Kier alpha value is -1.62. The van der Waals surface area contributed by atoms with Crippen LogP contribution in [0.3, 0.4) is 0 Å². The maximum absolute atomic E-state index is 12.4. The lowest BCUT2D eigenvalue weighted by Crippen LogP contribution is -2.06. The highest BCUT2D eigenvalue weighted by Crippen LogP contribution is 2.29. The summed E-state index contributed by atoms with van der Waals surface area (Å²) >= 11 is 5.49. The summed E-state index contributed by atoms with van der Waals surface area (Å²) in [7, 11) is 0. The quantitative estimate of drug-likeness (QED) is 0.642. The average molecular weight is 277 g/mol. The van der Waals surface area contributed by atoms with Gasteiger partial charge in [0.25, 0.3) is 0 Å². The van der Waals surface area contributed by atoms with E-state index < -0.39 is 11.7 Å². The molecule has 0 heterocycles. The van der Waals surface area contributed by atoms with Crippen LogP contribution < -0.4 is 11.5 Å². The van der Waals surface area contributed by atoms with Crippen molar-refractivity contribution in [2.45, 2.75) is 13.1 Å². The minimum atomic E-state index is -4.35. The van der Waals surface area contributed by atoms with Crippen LogP contribution in [0.1, 0.15) is 18.1 Å². The van der Waals surface area contributed by atoms with Gasteiger partial charge in [-0.05, 0) is 36.3 Å². The van der Waals surface area contributed by atoms with Gasteiger partial charge in [-0.25, -0.2) is 0 Å². The molecule has 6 heteroatoms. The van der Waals surface area contributed by atoms with Gasteiger partial charge >= 0.3 is 6.18 Å². The fourth-order valence-electron chi connectivity index (χ4n) is 1.35. The Morgan fingerprint density at radius 3 is 2.06 bits per heavy atom. The fourth-order valence-corrected chi connectivity index (χ4v) is 1.51. The molecule has 2 nitrogen and oxygen atoms in total. The summed E-state index contributed by atoms with van der Waals surface area (Å²) in [6.07, 6.45) is -2.92. The van der Waals surface area contributed by atoms with Gasteiger partial charge in [-0.2, -0.15) is 13.2 Å². The largest absolute Gasteiger partial charge is 0.416 e. The Labute approximate surface area is 108 Å². The van der Waals surface area contributed by atoms with Gasteiger partial charge in [-0.15, -0.1) is 0 Å². The minimum absolute atomic E-state index is 0.0577. The molecule has 98 valence electrons. The summed E-state index contributed by atoms with van der Waals surface area (Å²) in [6, 6.07) is 4.56. The third kappa shape index (κ3) is 3.70. The fraction of sp³-hybridized carbons (Fsp3) is 0.167. The second-order valence-electron chi connectivity index (χ2n) is 3.70. The van der Waals surface area contributed by atoms with Gasteiger partial charge in [-0.1, -0.05) is 23.7 Å². The van der Waals surface area contributed by atoms with Gasteiger partial charge in [0.2, 0.25) is 0 Å². The number of nitrogens with two attached hydrogens (primary N) is 2. The molecular weight excluding hydrogens is 265 g/mol. The van der Waals surface area contributed by atoms with Crippen molar-refractivity contribution in [1.82, 2.24) is 0 Å². The lowest BCUT2D eigenvalue weighted by Gasteiger charge is -2.09. The Morgan fingerprint density at radius 2 is 1.67 bits per heavy atom. The summed E-state index contributed by atoms with van der Waals surface area (Å²) in [5.41, 5.74) is 11.7. The topological polar surface area (TPSA) is 52.0 Å². The van der Waals surface area contributed by atoms with Crippen molar-refractivity contribution in [3.8, 4) is 0 Å². The Bertz CT molecular complexity index is 483. The molecule has 0 aromatic heterocycles. The van der Waals surface area contributed by atoms with Crippen LogP contribution in [-0.4, -0.2) is 0 Å². The van der Waals surface area contributed by atoms with Gasteiger partial charge < -0.3 is 11.5 Å². The molecule has 1 aromatic rings. The van der Waals surface area contributed by atoms with E-state index in [2.05, 4.69) is 0 Å². The first-order valence-corrected chi connectivity index (χ1v) is 5.36. The first-order chi connectivity index (χ1) is 8.21. The highest BCUT2D eigenvalue weighted by Gasteiger charge is 2.29. The van der Waals surface area contributed by atoms with Crippen LogP contribution in [-0.2, 0) is 6.18 Å². The number of rotatable bonds is 2. The predicted molar refractivity (Wildman–Crippen MR) is 66.3 cm³/mol. The van der Waals surface area contributed by atoms with Crippen LogP contribution >= 0.6 is 11.6 Å². The Balaban J connectivity index is 3.10. The molecule has 0 bridgehead atoms. The van der Waals surface area contributed by atoms with Crippen LogP contribution in [0.2, 0.25) is 0 Å². The maximum atomic E-state index is 12.4. The molecule has 0 atom stereocenters. The highest BCUT2D eigenvalue weighted by molar-refractivity contribution is 6.29. The second kappa shape index (κ2) is 5.35. The van der Waals surface area contributed by atoms with Crippen molar-refractivity contribution >= 4 is 17.3 Å². The molecule has 0 aliphatic rings. The third-order valence-corrected chi connectivity index (χ3v) is 2.41. The van der Waals surface area contributed by atoms with Gasteiger partial charge in [0.1, 0.15) is 0 Å².